The Bertz CT molecular complexity index is 569. The van der Waals surface area contributed by atoms with Gasteiger partial charge in [0.2, 0.25) is 0 Å². The van der Waals surface area contributed by atoms with Crippen molar-refractivity contribution in [3.05, 3.63) is 64.4 Å². The van der Waals surface area contributed by atoms with Crippen LogP contribution < -0.4 is 0 Å². The third kappa shape index (κ3) is 3.05. The van der Waals surface area contributed by atoms with E-state index < -0.39 is 17.8 Å². The standard InChI is InChI=1S/C13H9ClF3NO/c14-8-5-6-11(18-7-8)12(19)9-3-1-2-4-10(9)13(15,16)17/h1-7,12,19H. The number of hydrogen-bond donors (Lipinski definition) is 1. The van der Waals surface area contributed by atoms with E-state index in [4.69, 9.17) is 11.6 Å². The summed E-state index contributed by atoms with van der Waals surface area (Å²) in [6.45, 7) is 0. The van der Waals surface area contributed by atoms with E-state index in [9.17, 15) is 18.3 Å². The monoisotopic (exact) mass is 287 g/mol. The molecule has 0 aliphatic rings. The van der Waals surface area contributed by atoms with Gasteiger partial charge in [0.1, 0.15) is 6.10 Å². The van der Waals surface area contributed by atoms with Crippen LogP contribution in [0.4, 0.5) is 13.2 Å². The van der Waals surface area contributed by atoms with Gasteiger partial charge in [0.15, 0.2) is 0 Å². The summed E-state index contributed by atoms with van der Waals surface area (Å²) >= 11 is 5.64. The molecule has 2 rings (SSSR count). The van der Waals surface area contributed by atoms with E-state index in [1.165, 1.54) is 36.5 Å². The fourth-order valence-electron chi connectivity index (χ4n) is 1.70. The maximum atomic E-state index is 12.8. The number of hydrogen-bond acceptors (Lipinski definition) is 2. The first-order chi connectivity index (χ1) is 8.89. The van der Waals surface area contributed by atoms with Crippen LogP contribution in [0, 0.1) is 0 Å². The number of aliphatic hydroxyl groups is 1. The van der Waals surface area contributed by atoms with Crippen LogP contribution in [-0.2, 0) is 6.18 Å². The van der Waals surface area contributed by atoms with Gasteiger partial charge in [-0.25, -0.2) is 0 Å². The van der Waals surface area contributed by atoms with Crippen molar-refractivity contribution >= 4 is 11.6 Å². The predicted octanol–water partition coefficient (Wildman–Crippen LogP) is 3.84. The van der Waals surface area contributed by atoms with Crippen molar-refractivity contribution < 1.29 is 18.3 Å². The Hall–Kier alpha value is -1.59. The van der Waals surface area contributed by atoms with Crippen LogP contribution in [0.2, 0.25) is 5.02 Å². The van der Waals surface area contributed by atoms with E-state index >= 15 is 0 Å². The van der Waals surface area contributed by atoms with Gasteiger partial charge >= 0.3 is 6.18 Å². The number of benzene rings is 1. The van der Waals surface area contributed by atoms with Gasteiger partial charge in [-0.1, -0.05) is 29.8 Å². The van der Waals surface area contributed by atoms with Gasteiger partial charge in [0.25, 0.3) is 0 Å². The van der Waals surface area contributed by atoms with Gasteiger partial charge in [-0.2, -0.15) is 13.2 Å². The van der Waals surface area contributed by atoms with Crippen molar-refractivity contribution in [1.82, 2.24) is 4.98 Å². The minimum atomic E-state index is -4.52. The van der Waals surface area contributed by atoms with Crippen molar-refractivity contribution in [1.29, 1.82) is 0 Å². The quantitative estimate of drug-likeness (QED) is 0.910. The van der Waals surface area contributed by atoms with Crippen LogP contribution in [0.25, 0.3) is 0 Å². The third-order valence-electron chi connectivity index (χ3n) is 2.59. The van der Waals surface area contributed by atoms with Crippen LogP contribution >= 0.6 is 11.6 Å². The normalized spacial score (nSPS) is 13.3. The van der Waals surface area contributed by atoms with E-state index in [0.717, 1.165) is 6.07 Å². The largest absolute Gasteiger partial charge is 0.416 e. The Morgan fingerprint density at radius 3 is 2.37 bits per heavy atom. The highest BCUT2D eigenvalue weighted by atomic mass is 35.5. The van der Waals surface area contributed by atoms with Crippen molar-refractivity contribution in [2.24, 2.45) is 0 Å². The first kappa shape index (κ1) is 13.8. The van der Waals surface area contributed by atoms with Crippen molar-refractivity contribution in [3.8, 4) is 0 Å². The molecule has 1 heterocycles. The molecule has 1 N–H and O–H groups in total. The maximum absolute atomic E-state index is 12.8. The van der Waals surface area contributed by atoms with E-state index in [1.807, 2.05) is 0 Å². The summed E-state index contributed by atoms with van der Waals surface area (Å²) < 4.78 is 38.5. The molecule has 0 bridgehead atoms. The van der Waals surface area contributed by atoms with Crippen molar-refractivity contribution in [2.75, 3.05) is 0 Å². The van der Waals surface area contributed by atoms with Crippen LogP contribution in [0.5, 0.6) is 0 Å². The highest BCUT2D eigenvalue weighted by Crippen LogP contribution is 2.36. The van der Waals surface area contributed by atoms with E-state index in [0.29, 0.717) is 5.02 Å². The zero-order chi connectivity index (χ0) is 14.0. The molecule has 6 heteroatoms. The molecule has 0 saturated heterocycles. The Balaban J connectivity index is 2.44. The highest BCUT2D eigenvalue weighted by molar-refractivity contribution is 6.30. The molecule has 19 heavy (non-hydrogen) atoms. The van der Waals surface area contributed by atoms with Crippen LogP contribution in [0.15, 0.2) is 42.6 Å². The zero-order valence-electron chi connectivity index (χ0n) is 9.53. The minimum absolute atomic E-state index is 0.112. The van der Waals surface area contributed by atoms with Crippen molar-refractivity contribution in [2.45, 2.75) is 12.3 Å². The summed E-state index contributed by atoms with van der Waals surface area (Å²) in [5.74, 6) is 0. The molecule has 2 aromatic rings. The molecule has 0 aliphatic carbocycles. The number of alkyl halides is 3. The van der Waals surface area contributed by atoms with Crippen LogP contribution in [0.3, 0.4) is 0 Å². The fourth-order valence-corrected chi connectivity index (χ4v) is 1.81. The van der Waals surface area contributed by atoms with Gasteiger partial charge in [-0.05, 0) is 23.8 Å². The Morgan fingerprint density at radius 1 is 1.11 bits per heavy atom. The van der Waals surface area contributed by atoms with E-state index in [1.54, 1.807) is 0 Å². The average Bonchev–Trinajstić information content (AvgIpc) is 2.38. The van der Waals surface area contributed by atoms with Gasteiger partial charge in [-0.15, -0.1) is 0 Å². The second-order valence-corrected chi connectivity index (χ2v) is 4.33. The molecule has 1 aromatic carbocycles. The summed E-state index contributed by atoms with van der Waals surface area (Å²) in [6.07, 6.45) is -4.70. The first-order valence-electron chi connectivity index (χ1n) is 5.35. The molecule has 0 aliphatic heterocycles. The smallest absolute Gasteiger partial charge is 0.382 e. The number of rotatable bonds is 2. The second-order valence-electron chi connectivity index (χ2n) is 3.89. The lowest BCUT2D eigenvalue weighted by atomic mass is 9.99. The molecule has 100 valence electrons. The Morgan fingerprint density at radius 2 is 1.79 bits per heavy atom. The summed E-state index contributed by atoms with van der Waals surface area (Å²) in [5, 5.41) is 10.4. The number of aromatic nitrogens is 1. The van der Waals surface area contributed by atoms with Gasteiger partial charge in [-0.3, -0.25) is 4.98 Å². The Labute approximate surface area is 112 Å². The molecule has 0 amide bonds. The van der Waals surface area contributed by atoms with E-state index in [2.05, 4.69) is 4.98 Å². The van der Waals surface area contributed by atoms with Crippen LogP contribution in [-0.4, -0.2) is 10.1 Å². The summed E-state index contributed by atoms with van der Waals surface area (Å²) in [6, 6.07) is 7.71. The van der Waals surface area contributed by atoms with Crippen LogP contribution in [0.1, 0.15) is 22.9 Å². The molecule has 0 saturated carbocycles. The van der Waals surface area contributed by atoms with Crippen molar-refractivity contribution in [3.63, 3.8) is 0 Å². The molecule has 1 aromatic heterocycles. The Kier molecular flexibility index (Phi) is 3.78. The minimum Gasteiger partial charge on any atom is -0.382 e. The molecule has 2 nitrogen and oxygen atoms in total. The molecule has 0 fully saturated rings. The molecular weight excluding hydrogens is 279 g/mol. The second kappa shape index (κ2) is 5.19. The lowest BCUT2D eigenvalue weighted by molar-refractivity contribution is -0.139. The summed E-state index contributed by atoms with van der Waals surface area (Å²) in [5.41, 5.74) is -0.995. The molecule has 0 spiro atoms. The zero-order valence-corrected chi connectivity index (χ0v) is 10.3. The lowest BCUT2D eigenvalue weighted by Crippen LogP contribution is -2.13. The first-order valence-corrected chi connectivity index (χ1v) is 5.73. The molecule has 0 radical (unpaired) electrons. The predicted molar refractivity (Wildman–Crippen MR) is 64.8 cm³/mol. The lowest BCUT2D eigenvalue weighted by Gasteiger charge is -2.17. The SMILES string of the molecule is OC(c1ccc(Cl)cn1)c1ccccc1C(F)(F)F. The average molecular weight is 288 g/mol. The van der Waals surface area contributed by atoms with E-state index in [-0.39, 0.29) is 11.3 Å². The molecule has 1 unspecified atom stereocenters. The van der Waals surface area contributed by atoms with Gasteiger partial charge < -0.3 is 5.11 Å². The summed E-state index contributed by atoms with van der Waals surface area (Å²) in [7, 11) is 0. The number of nitrogens with zero attached hydrogens (tertiary/aromatic N) is 1. The van der Waals surface area contributed by atoms with Gasteiger partial charge in [0.05, 0.1) is 16.3 Å². The third-order valence-corrected chi connectivity index (χ3v) is 2.81. The number of pyridine rings is 1. The maximum Gasteiger partial charge on any atom is 0.416 e. The molecular formula is C13H9ClF3NO. The van der Waals surface area contributed by atoms with Gasteiger partial charge in [0, 0.05) is 6.20 Å². The summed E-state index contributed by atoms with van der Waals surface area (Å²) in [4.78, 5) is 3.83. The number of aliphatic hydroxyl groups excluding tert-OH is 1. The molecule has 1 atom stereocenters. The number of halogens is 4. The highest BCUT2D eigenvalue weighted by Gasteiger charge is 2.35. The fraction of sp³-hybridized carbons (Fsp3) is 0.154. The topological polar surface area (TPSA) is 33.1 Å².